The monoisotopic (exact) mass is 220 g/mol. The third-order valence-electron chi connectivity index (χ3n) is 2.02. The summed E-state index contributed by atoms with van der Waals surface area (Å²) in [5.41, 5.74) is 0. The Labute approximate surface area is 94.8 Å². The molecular weight excluding hydrogens is 192 g/mol. The first-order valence-corrected chi connectivity index (χ1v) is 5.80. The molecule has 0 aliphatic heterocycles. The van der Waals surface area contributed by atoms with Gasteiger partial charge in [0, 0.05) is 7.11 Å². The van der Waals surface area contributed by atoms with E-state index in [0.717, 1.165) is 12.8 Å². The Morgan fingerprint density at radius 3 is 1.53 bits per heavy atom. The Bertz CT molecular complexity index is 107. The molecule has 1 N–H and O–H groups in total. The van der Waals surface area contributed by atoms with Crippen LogP contribution in [0.2, 0.25) is 0 Å². The zero-order chi connectivity index (χ0) is 12.3. The first-order valence-electron chi connectivity index (χ1n) is 5.80. The van der Waals surface area contributed by atoms with E-state index >= 15 is 0 Å². The molecule has 15 heavy (non-hydrogen) atoms. The molecule has 0 aromatic rings. The quantitative estimate of drug-likeness (QED) is 0.748. The van der Waals surface area contributed by atoms with Gasteiger partial charge in [-0.25, -0.2) is 0 Å². The van der Waals surface area contributed by atoms with Gasteiger partial charge >= 0.3 is 0 Å². The van der Waals surface area contributed by atoms with E-state index in [9.17, 15) is 0 Å². The highest BCUT2D eigenvalue weighted by molar-refractivity contribution is 4.50. The molecule has 0 aliphatic carbocycles. The standard InChI is InChI=1S/C8H18O.C4H10O2/c1-5-7(3)9-8(4)6-2;1-4(5)3-6-2/h7-8H,5-6H2,1-4H3;4-5H,3H2,1-2H3. The normalized spacial score (nSPS) is 16.2. The summed E-state index contributed by atoms with van der Waals surface area (Å²) in [5, 5.41) is 8.43. The Balaban J connectivity index is 0. The van der Waals surface area contributed by atoms with Gasteiger partial charge in [0.2, 0.25) is 0 Å². The molecule has 0 saturated carbocycles. The molecule has 3 atom stereocenters. The molecule has 0 bridgehead atoms. The van der Waals surface area contributed by atoms with Gasteiger partial charge < -0.3 is 14.6 Å². The fourth-order valence-electron chi connectivity index (χ4n) is 0.830. The lowest BCUT2D eigenvalue weighted by Gasteiger charge is -2.15. The van der Waals surface area contributed by atoms with Crippen molar-refractivity contribution < 1.29 is 14.6 Å². The summed E-state index contributed by atoms with van der Waals surface area (Å²) in [6, 6.07) is 0. The van der Waals surface area contributed by atoms with Gasteiger partial charge in [0.1, 0.15) is 0 Å². The maximum Gasteiger partial charge on any atom is 0.0745 e. The first kappa shape index (κ1) is 17.3. The summed E-state index contributed by atoms with van der Waals surface area (Å²) in [6.07, 6.45) is 2.77. The average Bonchev–Trinajstić information content (AvgIpc) is 2.18. The van der Waals surface area contributed by atoms with Crippen LogP contribution in [0.1, 0.15) is 47.5 Å². The largest absolute Gasteiger partial charge is 0.391 e. The highest BCUT2D eigenvalue weighted by atomic mass is 16.5. The number of aliphatic hydroxyl groups is 1. The fourth-order valence-corrected chi connectivity index (χ4v) is 0.830. The van der Waals surface area contributed by atoms with Gasteiger partial charge in [-0.15, -0.1) is 0 Å². The van der Waals surface area contributed by atoms with Crippen LogP contribution >= 0.6 is 0 Å². The van der Waals surface area contributed by atoms with Crippen LogP contribution in [0, 0.1) is 0 Å². The molecule has 0 aliphatic rings. The number of methoxy groups -OCH3 is 1. The highest BCUT2D eigenvalue weighted by Gasteiger charge is 2.02. The molecule has 94 valence electrons. The lowest BCUT2D eigenvalue weighted by atomic mass is 10.3. The van der Waals surface area contributed by atoms with Crippen LogP contribution in [0.5, 0.6) is 0 Å². The van der Waals surface area contributed by atoms with E-state index in [4.69, 9.17) is 9.84 Å². The molecule has 0 spiro atoms. The highest BCUT2D eigenvalue weighted by Crippen LogP contribution is 2.03. The number of ether oxygens (including phenoxy) is 2. The number of rotatable bonds is 6. The predicted molar refractivity (Wildman–Crippen MR) is 64.1 cm³/mol. The topological polar surface area (TPSA) is 38.7 Å². The third-order valence-corrected chi connectivity index (χ3v) is 2.02. The van der Waals surface area contributed by atoms with Crippen LogP contribution in [-0.4, -0.2) is 37.1 Å². The fraction of sp³-hybridized carbons (Fsp3) is 1.00. The maximum atomic E-state index is 8.43. The maximum absolute atomic E-state index is 8.43. The van der Waals surface area contributed by atoms with Crippen molar-refractivity contribution in [3.05, 3.63) is 0 Å². The van der Waals surface area contributed by atoms with Crippen molar-refractivity contribution in [1.29, 1.82) is 0 Å². The summed E-state index contributed by atoms with van der Waals surface area (Å²) >= 11 is 0. The molecule has 0 aromatic carbocycles. The van der Waals surface area contributed by atoms with E-state index in [1.54, 1.807) is 14.0 Å². The molecule has 0 rings (SSSR count). The summed E-state index contributed by atoms with van der Waals surface area (Å²) in [5.74, 6) is 0. The van der Waals surface area contributed by atoms with Crippen LogP contribution in [0.15, 0.2) is 0 Å². The van der Waals surface area contributed by atoms with E-state index in [-0.39, 0.29) is 6.10 Å². The predicted octanol–water partition coefficient (Wildman–Crippen LogP) is 2.61. The van der Waals surface area contributed by atoms with Gasteiger partial charge in [-0.2, -0.15) is 0 Å². The number of hydrogen-bond donors (Lipinski definition) is 1. The third kappa shape index (κ3) is 16.5. The SMILES string of the molecule is CCC(C)OC(C)CC.COCC(C)O. The zero-order valence-corrected chi connectivity index (χ0v) is 11.1. The summed E-state index contributed by atoms with van der Waals surface area (Å²) in [6.45, 7) is 10.6. The summed E-state index contributed by atoms with van der Waals surface area (Å²) in [7, 11) is 1.56. The van der Waals surface area contributed by atoms with Crippen LogP contribution in [0.25, 0.3) is 0 Å². The van der Waals surface area contributed by atoms with Crippen molar-refractivity contribution in [3.63, 3.8) is 0 Å². The van der Waals surface area contributed by atoms with Crippen LogP contribution in [0.4, 0.5) is 0 Å². The van der Waals surface area contributed by atoms with Crippen molar-refractivity contribution in [1.82, 2.24) is 0 Å². The Hall–Kier alpha value is -0.120. The minimum absolute atomic E-state index is 0.324. The molecule has 3 nitrogen and oxygen atoms in total. The van der Waals surface area contributed by atoms with E-state index < -0.39 is 0 Å². The van der Waals surface area contributed by atoms with E-state index in [1.165, 1.54) is 0 Å². The lowest BCUT2D eigenvalue weighted by Crippen LogP contribution is -2.14. The molecular formula is C12H28O3. The Morgan fingerprint density at radius 2 is 1.40 bits per heavy atom. The van der Waals surface area contributed by atoms with Gasteiger partial charge in [-0.1, -0.05) is 13.8 Å². The second-order valence-corrected chi connectivity index (χ2v) is 3.88. The van der Waals surface area contributed by atoms with Gasteiger partial charge in [0.25, 0.3) is 0 Å². The van der Waals surface area contributed by atoms with Crippen LogP contribution < -0.4 is 0 Å². The molecule has 0 saturated heterocycles. The minimum Gasteiger partial charge on any atom is -0.391 e. The van der Waals surface area contributed by atoms with Crippen molar-refractivity contribution in [2.75, 3.05) is 13.7 Å². The molecule has 0 heterocycles. The van der Waals surface area contributed by atoms with E-state index in [2.05, 4.69) is 32.4 Å². The molecule has 3 unspecified atom stereocenters. The van der Waals surface area contributed by atoms with Gasteiger partial charge in [-0.3, -0.25) is 0 Å². The van der Waals surface area contributed by atoms with Gasteiger partial charge in [0.15, 0.2) is 0 Å². The van der Waals surface area contributed by atoms with Crippen LogP contribution in [-0.2, 0) is 9.47 Å². The van der Waals surface area contributed by atoms with Gasteiger partial charge in [-0.05, 0) is 33.6 Å². The van der Waals surface area contributed by atoms with Crippen molar-refractivity contribution in [3.8, 4) is 0 Å². The molecule has 0 aromatic heterocycles. The van der Waals surface area contributed by atoms with Crippen molar-refractivity contribution >= 4 is 0 Å². The number of hydrogen-bond acceptors (Lipinski definition) is 3. The lowest BCUT2D eigenvalue weighted by molar-refractivity contribution is 0.00511. The van der Waals surface area contributed by atoms with E-state index in [0.29, 0.717) is 18.8 Å². The van der Waals surface area contributed by atoms with Crippen molar-refractivity contribution in [2.24, 2.45) is 0 Å². The second kappa shape index (κ2) is 12.0. The Morgan fingerprint density at radius 1 is 1.00 bits per heavy atom. The van der Waals surface area contributed by atoms with E-state index in [1.807, 2.05) is 0 Å². The summed E-state index contributed by atoms with van der Waals surface area (Å²) < 4.78 is 10.1. The van der Waals surface area contributed by atoms with Gasteiger partial charge in [0.05, 0.1) is 24.9 Å². The van der Waals surface area contributed by atoms with Crippen LogP contribution in [0.3, 0.4) is 0 Å². The second-order valence-electron chi connectivity index (χ2n) is 3.88. The summed E-state index contributed by atoms with van der Waals surface area (Å²) in [4.78, 5) is 0. The van der Waals surface area contributed by atoms with Crippen molar-refractivity contribution in [2.45, 2.75) is 65.8 Å². The molecule has 0 fully saturated rings. The first-order chi connectivity index (χ1) is 6.97. The molecule has 3 heteroatoms. The Kier molecular flexibility index (Phi) is 13.8. The number of aliphatic hydroxyl groups excluding tert-OH is 1. The minimum atomic E-state index is -0.324. The molecule has 0 amide bonds. The zero-order valence-electron chi connectivity index (χ0n) is 11.1. The average molecular weight is 220 g/mol. The smallest absolute Gasteiger partial charge is 0.0745 e. The molecule has 0 radical (unpaired) electrons.